The molecular formula is C12H14Cl2N2OS. The third-order valence-corrected chi connectivity index (χ3v) is 3.16. The molecule has 1 rings (SSSR count). The molecule has 1 amide bonds. The van der Waals surface area contributed by atoms with Gasteiger partial charge in [0.15, 0.2) is 0 Å². The quantitative estimate of drug-likeness (QED) is 0.627. The first kappa shape index (κ1) is 15.2. The third kappa shape index (κ3) is 4.80. The van der Waals surface area contributed by atoms with Gasteiger partial charge in [0.05, 0.1) is 20.6 Å². The van der Waals surface area contributed by atoms with E-state index in [0.717, 1.165) is 12.8 Å². The number of thiocarbonyl (C=S) groups is 1. The minimum atomic E-state index is -0.263. The molecule has 0 saturated carbocycles. The highest BCUT2D eigenvalue weighted by Gasteiger charge is 2.13. The lowest BCUT2D eigenvalue weighted by Crippen LogP contribution is -2.25. The first-order valence-corrected chi connectivity index (χ1v) is 6.69. The molecule has 0 spiro atoms. The molecule has 0 fully saturated rings. The van der Waals surface area contributed by atoms with Crippen molar-refractivity contribution in [2.75, 3.05) is 6.54 Å². The van der Waals surface area contributed by atoms with Crippen molar-refractivity contribution in [1.82, 2.24) is 5.32 Å². The van der Waals surface area contributed by atoms with E-state index in [2.05, 4.69) is 5.32 Å². The van der Waals surface area contributed by atoms with Gasteiger partial charge in [-0.1, -0.05) is 41.5 Å². The molecule has 98 valence electrons. The monoisotopic (exact) mass is 304 g/mol. The molecular weight excluding hydrogens is 291 g/mol. The van der Waals surface area contributed by atoms with Crippen molar-refractivity contribution in [3.8, 4) is 0 Å². The highest BCUT2D eigenvalue weighted by atomic mass is 35.5. The molecule has 1 aromatic carbocycles. The molecule has 0 radical (unpaired) electrons. The predicted octanol–water partition coefficient (Wildman–Crippen LogP) is 3.18. The SMILES string of the molecule is NC(=S)CCCCNC(=O)c1c(Cl)cccc1Cl. The fraction of sp³-hybridized carbons (Fsp3) is 0.333. The molecule has 0 aliphatic heterocycles. The van der Waals surface area contributed by atoms with Crippen LogP contribution in [0.5, 0.6) is 0 Å². The zero-order valence-electron chi connectivity index (χ0n) is 9.71. The largest absolute Gasteiger partial charge is 0.393 e. The Hall–Kier alpha value is -0.840. The van der Waals surface area contributed by atoms with Crippen LogP contribution in [0.2, 0.25) is 10.0 Å². The molecule has 0 atom stereocenters. The molecule has 0 aromatic heterocycles. The highest BCUT2D eigenvalue weighted by Crippen LogP contribution is 2.23. The smallest absolute Gasteiger partial charge is 0.254 e. The molecule has 0 unspecified atom stereocenters. The summed E-state index contributed by atoms with van der Waals surface area (Å²) in [5, 5.41) is 3.46. The van der Waals surface area contributed by atoms with Crippen molar-refractivity contribution >= 4 is 46.3 Å². The summed E-state index contributed by atoms with van der Waals surface area (Å²) >= 11 is 16.6. The Morgan fingerprint density at radius 2 is 1.89 bits per heavy atom. The van der Waals surface area contributed by atoms with Crippen LogP contribution in [-0.2, 0) is 0 Å². The number of hydrogen-bond acceptors (Lipinski definition) is 2. The van der Waals surface area contributed by atoms with Gasteiger partial charge in [-0.25, -0.2) is 0 Å². The van der Waals surface area contributed by atoms with E-state index in [1.807, 2.05) is 0 Å². The Kier molecular flexibility index (Phi) is 6.39. The van der Waals surface area contributed by atoms with Crippen LogP contribution in [0.3, 0.4) is 0 Å². The molecule has 6 heteroatoms. The van der Waals surface area contributed by atoms with E-state index in [0.29, 0.717) is 33.6 Å². The maximum absolute atomic E-state index is 11.9. The molecule has 18 heavy (non-hydrogen) atoms. The Balaban J connectivity index is 2.44. The lowest BCUT2D eigenvalue weighted by Gasteiger charge is -2.08. The maximum Gasteiger partial charge on any atom is 0.254 e. The van der Waals surface area contributed by atoms with E-state index in [9.17, 15) is 4.79 Å². The standard InChI is InChI=1S/C12H14Cl2N2OS/c13-8-4-3-5-9(14)11(8)12(17)16-7-2-1-6-10(15)18/h3-5H,1-2,6-7H2,(H2,15,18)(H,16,17). The van der Waals surface area contributed by atoms with Gasteiger partial charge in [0.25, 0.3) is 5.91 Å². The number of hydrogen-bond donors (Lipinski definition) is 2. The van der Waals surface area contributed by atoms with Gasteiger partial charge in [0.2, 0.25) is 0 Å². The van der Waals surface area contributed by atoms with E-state index < -0.39 is 0 Å². The number of halogens is 2. The van der Waals surface area contributed by atoms with Crippen molar-refractivity contribution in [2.24, 2.45) is 5.73 Å². The maximum atomic E-state index is 11.9. The van der Waals surface area contributed by atoms with Gasteiger partial charge >= 0.3 is 0 Å². The first-order chi connectivity index (χ1) is 8.52. The molecule has 0 bridgehead atoms. The number of nitrogens with two attached hydrogens (primary N) is 1. The van der Waals surface area contributed by atoms with Crippen LogP contribution in [0, 0.1) is 0 Å². The van der Waals surface area contributed by atoms with Crippen LogP contribution >= 0.6 is 35.4 Å². The van der Waals surface area contributed by atoms with E-state index in [1.54, 1.807) is 18.2 Å². The predicted molar refractivity (Wildman–Crippen MR) is 79.4 cm³/mol. The molecule has 3 nitrogen and oxygen atoms in total. The van der Waals surface area contributed by atoms with Crippen LogP contribution < -0.4 is 11.1 Å². The van der Waals surface area contributed by atoms with Crippen molar-refractivity contribution in [3.63, 3.8) is 0 Å². The van der Waals surface area contributed by atoms with Crippen molar-refractivity contribution in [3.05, 3.63) is 33.8 Å². The fourth-order valence-electron chi connectivity index (χ4n) is 1.43. The Morgan fingerprint density at radius 3 is 2.44 bits per heavy atom. The van der Waals surface area contributed by atoms with Crippen LogP contribution in [-0.4, -0.2) is 17.4 Å². The molecule has 1 aromatic rings. The number of carbonyl (C=O) groups is 1. The average Bonchev–Trinajstić information content (AvgIpc) is 2.27. The summed E-state index contributed by atoms with van der Waals surface area (Å²) in [6, 6.07) is 4.97. The number of benzene rings is 1. The third-order valence-electron chi connectivity index (χ3n) is 2.33. The van der Waals surface area contributed by atoms with Gasteiger partial charge in [0, 0.05) is 6.54 Å². The molecule has 0 saturated heterocycles. The summed E-state index contributed by atoms with van der Waals surface area (Å²) in [5.41, 5.74) is 5.69. The van der Waals surface area contributed by atoms with Gasteiger partial charge < -0.3 is 11.1 Å². The van der Waals surface area contributed by atoms with Gasteiger partial charge in [0.1, 0.15) is 0 Å². The summed E-state index contributed by atoms with van der Waals surface area (Å²) < 4.78 is 0. The second kappa shape index (κ2) is 7.56. The van der Waals surface area contributed by atoms with Crippen molar-refractivity contribution in [1.29, 1.82) is 0 Å². The van der Waals surface area contributed by atoms with E-state index in [-0.39, 0.29) is 5.91 Å². The van der Waals surface area contributed by atoms with Gasteiger partial charge in [-0.2, -0.15) is 0 Å². The van der Waals surface area contributed by atoms with E-state index >= 15 is 0 Å². The minimum Gasteiger partial charge on any atom is -0.393 e. The normalized spacial score (nSPS) is 10.1. The molecule has 3 N–H and O–H groups in total. The summed E-state index contributed by atoms with van der Waals surface area (Å²) in [7, 11) is 0. The second-order valence-electron chi connectivity index (χ2n) is 3.78. The number of rotatable bonds is 6. The lowest BCUT2D eigenvalue weighted by atomic mass is 10.2. The zero-order chi connectivity index (χ0) is 13.5. The van der Waals surface area contributed by atoms with E-state index in [1.165, 1.54) is 0 Å². The Bertz CT molecular complexity index is 431. The molecule has 0 aliphatic carbocycles. The van der Waals surface area contributed by atoms with Crippen LogP contribution in [0.4, 0.5) is 0 Å². The average molecular weight is 305 g/mol. The summed E-state index contributed by atoms with van der Waals surface area (Å²) in [6.07, 6.45) is 2.36. The Labute approximate surface area is 122 Å². The van der Waals surface area contributed by atoms with Gasteiger partial charge in [-0.15, -0.1) is 0 Å². The fourth-order valence-corrected chi connectivity index (χ4v) is 2.14. The van der Waals surface area contributed by atoms with Crippen molar-refractivity contribution < 1.29 is 4.79 Å². The second-order valence-corrected chi connectivity index (χ2v) is 5.11. The lowest BCUT2D eigenvalue weighted by molar-refractivity contribution is 0.0953. The van der Waals surface area contributed by atoms with E-state index in [4.69, 9.17) is 41.2 Å². The number of unbranched alkanes of at least 4 members (excludes halogenated alkanes) is 1. The highest BCUT2D eigenvalue weighted by molar-refractivity contribution is 7.80. The Morgan fingerprint density at radius 1 is 1.28 bits per heavy atom. The van der Waals surface area contributed by atoms with Gasteiger partial charge in [-0.05, 0) is 31.4 Å². The molecule has 0 heterocycles. The van der Waals surface area contributed by atoms with Crippen LogP contribution in [0.25, 0.3) is 0 Å². The summed E-state index contributed by atoms with van der Waals surface area (Å²) in [6.45, 7) is 0.545. The minimum absolute atomic E-state index is 0.263. The summed E-state index contributed by atoms with van der Waals surface area (Å²) in [4.78, 5) is 12.3. The molecule has 0 aliphatic rings. The van der Waals surface area contributed by atoms with Crippen LogP contribution in [0.15, 0.2) is 18.2 Å². The van der Waals surface area contributed by atoms with Gasteiger partial charge in [-0.3, -0.25) is 4.79 Å². The first-order valence-electron chi connectivity index (χ1n) is 5.53. The number of nitrogens with one attached hydrogen (secondary N) is 1. The summed E-state index contributed by atoms with van der Waals surface area (Å²) in [5.74, 6) is -0.263. The van der Waals surface area contributed by atoms with Crippen molar-refractivity contribution in [2.45, 2.75) is 19.3 Å². The zero-order valence-corrected chi connectivity index (χ0v) is 12.0. The number of amides is 1. The topological polar surface area (TPSA) is 55.1 Å². The number of carbonyl (C=O) groups excluding carboxylic acids is 1. The van der Waals surface area contributed by atoms with Crippen LogP contribution in [0.1, 0.15) is 29.6 Å².